The zero-order chi connectivity index (χ0) is 20.6. The van der Waals surface area contributed by atoms with E-state index in [2.05, 4.69) is 15.2 Å². The molecule has 1 aromatic heterocycles. The minimum Gasteiger partial charge on any atom is -0.370 e. The molecule has 8 nitrogen and oxygen atoms in total. The minimum atomic E-state index is -0.436. The first-order chi connectivity index (χ1) is 14.0. The maximum absolute atomic E-state index is 12.6. The summed E-state index contributed by atoms with van der Waals surface area (Å²) in [5.74, 6) is -0.309. The van der Waals surface area contributed by atoms with Crippen LogP contribution >= 0.6 is 0 Å². The topological polar surface area (TPSA) is 109 Å². The molecule has 0 radical (unpaired) electrons. The van der Waals surface area contributed by atoms with E-state index in [0.717, 1.165) is 44.3 Å². The van der Waals surface area contributed by atoms with Crippen LogP contribution in [0.3, 0.4) is 0 Å². The fraction of sp³-hybridized carbons (Fsp3) is 0.619. The van der Waals surface area contributed by atoms with Gasteiger partial charge in [0.15, 0.2) is 0 Å². The smallest absolute Gasteiger partial charge is 0.224 e. The van der Waals surface area contributed by atoms with Gasteiger partial charge >= 0.3 is 0 Å². The van der Waals surface area contributed by atoms with Crippen LogP contribution in [0.4, 0.5) is 0 Å². The van der Waals surface area contributed by atoms with Crippen LogP contribution in [-0.4, -0.2) is 64.7 Å². The molecule has 29 heavy (non-hydrogen) atoms. The van der Waals surface area contributed by atoms with E-state index in [1.54, 1.807) is 12.4 Å². The van der Waals surface area contributed by atoms with Crippen molar-refractivity contribution in [2.45, 2.75) is 51.1 Å². The Morgan fingerprint density at radius 3 is 2.62 bits per heavy atom. The van der Waals surface area contributed by atoms with Crippen LogP contribution in [0.25, 0.3) is 0 Å². The molecule has 0 spiro atoms. The zero-order valence-corrected chi connectivity index (χ0v) is 16.9. The van der Waals surface area contributed by atoms with Gasteiger partial charge in [0.25, 0.3) is 0 Å². The third-order valence-corrected chi connectivity index (χ3v) is 5.93. The lowest BCUT2D eigenvalue weighted by atomic mass is 9.93. The third kappa shape index (κ3) is 6.25. The van der Waals surface area contributed by atoms with Gasteiger partial charge < -0.3 is 16.0 Å². The van der Waals surface area contributed by atoms with E-state index in [-0.39, 0.29) is 30.6 Å². The Morgan fingerprint density at radius 2 is 1.93 bits per heavy atom. The third-order valence-electron chi connectivity index (χ3n) is 5.93. The fourth-order valence-corrected chi connectivity index (χ4v) is 4.26. The zero-order valence-electron chi connectivity index (χ0n) is 16.9. The molecule has 1 aromatic rings. The average Bonchev–Trinajstić information content (AvgIpc) is 2.76. The van der Waals surface area contributed by atoms with Crippen molar-refractivity contribution < 1.29 is 14.4 Å². The normalized spacial score (nSPS) is 21.0. The lowest BCUT2D eigenvalue weighted by Crippen LogP contribution is -2.51. The molecule has 2 aliphatic heterocycles. The Kier molecular flexibility index (Phi) is 7.57. The van der Waals surface area contributed by atoms with Crippen LogP contribution in [0, 0.1) is 5.92 Å². The highest BCUT2D eigenvalue weighted by Crippen LogP contribution is 2.24. The number of hydrogen-bond acceptors (Lipinski definition) is 5. The lowest BCUT2D eigenvalue weighted by molar-refractivity contribution is -0.134. The Hall–Kier alpha value is -2.48. The van der Waals surface area contributed by atoms with Gasteiger partial charge in [-0.3, -0.25) is 24.3 Å². The Balaban J connectivity index is 1.43. The summed E-state index contributed by atoms with van der Waals surface area (Å²) in [4.78, 5) is 44.0. The highest BCUT2D eigenvalue weighted by Gasteiger charge is 2.32. The Labute approximate surface area is 171 Å². The van der Waals surface area contributed by atoms with Gasteiger partial charge in [0.05, 0.1) is 5.92 Å². The van der Waals surface area contributed by atoms with Gasteiger partial charge in [-0.15, -0.1) is 0 Å². The van der Waals surface area contributed by atoms with Crippen LogP contribution in [-0.2, 0) is 20.9 Å². The average molecular weight is 402 g/mol. The first-order valence-electron chi connectivity index (χ1n) is 10.5. The summed E-state index contributed by atoms with van der Waals surface area (Å²) < 4.78 is 0. The number of pyridine rings is 1. The molecule has 0 bridgehead atoms. The molecular weight excluding hydrogens is 370 g/mol. The number of hydrogen-bond donors (Lipinski definition) is 2. The van der Waals surface area contributed by atoms with Crippen molar-refractivity contribution in [3.05, 3.63) is 30.1 Å². The molecule has 3 heterocycles. The molecule has 3 rings (SSSR count). The second-order valence-electron chi connectivity index (χ2n) is 7.99. The molecule has 2 fully saturated rings. The predicted molar refractivity (Wildman–Crippen MR) is 108 cm³/mol. The molecule has 8 heteroatoms. The first-order valence-corrected chi connectivity index (χ1v) is 10.5. The number of carbonyl (C=O) groups is 3. The van der Waals surface area contributed by atoms with Crippen molar-refractivity contribution in [2.75, 3.05) is 26.2 Å². The minimum absolute atomic E-state index is 0.00792. The van der Waals surface area contributed by atoms with Gasteiger partial charge in [0.2, 0.25) is 17.7 Å². The van der Waals surface area contributed by atoms with Crippen molar-refractivity contribution >= 4 is 17.7 Å². The number of nitrogens with two attached hydrogens (primary N) is 1. The van der Waals surface area contributed by atoms with Crippen LogP contribution in [0.5, 0.6) is 0 Å². The maximum Gasteiger partial charge on any atom is 0.224 e. The van der Waals surface area contributed by atoms with Crippen LogP contribution in [0.15, 0.2) is 24.5 Å². The van der Waals surface area contributed by atoms with Crippen molar-refractivity contribution in [3.8, 4) is 0 Å². The predicted octanol–water partition coefficient (Wildman–Crippen LogP) is 0.666. The number of amides is 3. The number of rotatable bonds is 7. The van der Waals surface area contributed by atoms with Crippen molar-refractivity contribution in [1.29, 1.82) is 0 Å². The van der Waals surface area contributed by atoms with Crippen LogP contribution < -0.4 is 11.1 Å². The second-order valence-corrected chi connectivity index (χ2v) is 7.99. The lowest BCUT2D eigenvalue weighted by Gasteiger charge is -2.42. The molecular formula is C21H31N5O3. The molecule has 2 saturated heterocycles. The summed E-state index contributed by atoms with van der Waals surface area (Å²) >= 11 is 0. The molecule has 158 valence electrons. The number of nitrogens with one attached hydrogen (secondary N) is 1. The largest absolute Gasteiger partial charge is 0.370 e. The molecule has 3 amide bonds. The van der Waals surface area contributed by atoms with Crippen LogP contribution in [0.2, 0.25) is 0 Å². The number of nitrogens with zero attached hydrogens (tertiary/aromatic N) is 3. The fourth-order valence-electron chi connectivity index (χ4n) is 4.26. The van der Waals surface area contributed by atoms with E-state index in [0.29, 0.717) is 25.7 Å². The standard InChI is InChI=1S/C21H31N5O3/c22-19(27)5-6-20(28)25-11-7-18(8-12-25)26-10-2-4-17(15-26)21(29)24-14-16-3-1-9-23-13-16/h1,3,9,13,17-18H,2,4-8,10-12,14-15H2,(H2,22,27)(H,24,29). The van der Waals surface area contributed by atoms with E-state index in [9.17, 15) is 14.4 Å². The summed E-state index contributed by atoms with van der Waals surface area (Å²) in [6.07, 6.45) is 7.55. The van der Waals surface area contributed by atoms with Gasteiger partial charge in [-0.1, -0.05) is 6.07 Å². The number of primary amides is 1. The van der Waals surface area contributed by atoms with E-state index in [1.807, 2.05) is 17.0 Å². The Bertz CT molecular complexity index is 704. The van der Waals surface area contributed by atoms with E-state index >= 15 is 0 Å². The summed E-state index contributed by atoms with van der Waals surface area (Å²) in [7, 11) is 0. The molecule has 0 aliphatic carbocycles. The number of aromatic nitrogens is 1. The maximum atomic E-state index is 12.6. The highest BCUT2D eigenvalue weighted by molar-refractivity contribution is 5.83. The summed E-state index contributed by atoms with van der Waals surface area (Å²) in [5, 5.41) is 3.04. The van der Waals surface area contributed by atoms with E-state index < -0.39 is 5.91 Å². The molecule has 0 aromatic carbocycles. The molecule has 0 saturated carbocycles. The molecule has 3 N–H and O–H groups in total. The number of piperidine rings is 2. The molecule has 1 unspecified atom stereocenters. The Morgan fingerprint density at radius 1 is 1.14 bits per heavy atom. The van der Waals surface area contributed by atoms with Gasteiger partial charge in [-0.25, -0.2) is 0 Å². The van der Waals surface area contributed by atoms with Crippen molar-refractivity contribution in [2.24, 2.45) is 11.7 Å². The van der Waals surface area contributed by atoms with Gasteiger partial charge in [-0.2, -0.15) is 0 Å². The SMILES string of the molecule is NC(=O)CCC(=O)N1CCC(N2CCCC(C(=O)NCc3cccnc3)C2)CC1. The van der Waals surface area contributed by atoms with Crippen molar-refractivity contribution in [1.82, 2.24) is 20.1 Å². The molecule has 2 aliphatic rings. The quantitative estimate of drug-likeness (QED) is 0.698. The van der Waals surface area contributed by atoms with E-state index in [1.165, 1.54) is 0 Å². The summed E-state index contributed by atoms with van der Waals surface area (Å²) in [6, 6.07) is 4.23. The van der Waals surface area contributed by atoms with Gasteiger partial charge in [0, 0.05) is 57.5 Å². The van der Waals surface area contributed by atoms with Gasteiger partial charge in [-0.05, 0) is 43.9 Å². The van der Waals surface area contributed by atoms with Crippen molar-refractivity contribution in [3.63, 3.8) is 0 Å². The highest BCUT2D eigenvalue weighted by atomic mass is 16.2. The first kappa shape index (κ1) is 21.2. The van der Waals surface area contributed by atoms with Crippen LogP contribution in [0.1, 0.15) is 44.1 Å². The number of carbonyl (C=O) groups excluding carboxylic acids is 3. The monoisotopic (exact) mass is 401 g/mol. The second kappa shape index (κ2) is 10.3. The molecule has 1 atom stereocenters. The summed E-state index contributed by atoms with van der Waals surface area (Å²) in [6.45, 7) is 3.70. The number of likely N-dealkylation sites (tertiary alicyclic amines) is 2. The van der Waals surface area contributed by atoms with Gasteiger partial charge in [0.1, 0.15) is 0 Å². The van der Waals surface area contributed by atoms with E-state index in [4.69, 9.17) is 5.73 Å². The summed E-state index contributed by atoms with van der Waals surface area (Å²) in [5.41, 5.74) is 6.13.